The summed E-state index contributed by atoms with van der Waals surface area (Å²) in [5.74, 6) is 1.30. The van der Waals surface area contributed by atoms with Gasteiger partial charge in [0.05, 0.1) is 46.2 Å². The first-order valence-electron chi connectivity index (χ1n) is 10.8. The zero-order chi connectivity index (χ0) is 25.6. The molecule has 0 aliphatic carbocycles. The van der Waals surface area contributed by atoms with E-state index >= 15 is 0 Å². The molecule has 3 N–H and O–H groups in total. The summed E-state index contributed by atoms with van der Waals surface area (Å²) in [5.41, 5.74) is 5.20. The number of methoxy groups -OCH3 is 1. The van der Waals surface area contributed by atoms with Crippen LogP contribution in [0.15, 0.2) is 47.8 Å². The molecule has 0 fully saturated rings. The number of rotatable bonds is 4. The van der Waals surface area contributed by atoms with Crippen molar-refractivity contribution in [1.29, 1.82) is 0 Å². The van der Waals surface area contributed by atoms with E-state index in [1.165, 1.54) is 32.4 Å². The van der Waals surface area contributed by atoms with Gasteiger partial charge in [0.2, 0.25) is 5.88 Å². The van der Waals surface area contributed by atoms with Gasteiger partial charge in [-0.1, -0.05) is 17.7 Å². The lowest BCUT2D eigenvalue weighted by atomic mass is 9.99. The number of benzene rings is 1. The first-order valence-corrected chi connectivity index (χ1v) is 11.1. The maximum Gasteiger partial charge on any atom is 0.418 e. The Morgan fingerprint density at radius 3 is 2.81 bits per heavy atom. The molecule has 36 heavy (non-hydrogen) atoms. The second-order valence-electron chi connectivity index (χ2n) is 8.09. The molecular formula is C24H20ClF3N6O2. The summed E-state index contributed by atoms with van der Waals surface area (Å²) in [5, 5.41) is 4.03. The normalized spacial score (nSPS) is 14.4. The van der Waals surface area contributed by atoms with Crippen LogP contribution in [-0.4, -0.2) is 28.6 Å². The molecule has 2 aliphatic rings. The number of nitrogen functional groups attached to an aromatic ring is 1. The van der Waals surface area contributed by atoms with Crippen molar-refractivity contribution in [2.45, 2.75) is 19.6 Å². The topological polar surface area (TPSA) is 97.9 Å². The third kappa shape index (κ3) is 4.15. The van der Waals surface area contributed by atoms with Crippen molar-refractivity contribution in [3.05, 3.63) is 75.2 Å². The lowest BCUT2D eigenvalue weighted by Crippen LogP contribution is -2.44. The number of hydrogen-bond acceptors (Lipinski definition) is 8. The number of anilines is 1. The Kier molecular flexibility index (Phi) is 5.87. The third-order valence-corrected chi connectivity index (χ3v) is 6.13. The molecule has 5 rings (SSSR count). The molecule has 0 atom stereocenters. The largest absolute Gasteiger partial charge is 0.481 e. The van der Waals surface area contributed by atoms with E-state index in [2.05, 4.69) is 20.3 Å². The molecule has 186 valence electrons. The van der Waals surface area contributed by atoms with Gasteiger partial charge in [0.15, 0.2) is 0 Å². The van der Waals surface area contributed by atoms with E-state index in [9.17, 15) is 13.2 Å². The third-order valence-electron chi connectivity index (χ3n) is 5.74. The summed E-state index contributed by atoms with van der Waals surface area (Å²) in [6.45, 7) is 1.83. The van der Waals surface area contributed by atoms with Crippen molar-refractivity contribution >= 4 is 23.2 Å². The molecule has 0 saturated heterocycles. The van der Waals surface area contributed by atoms with E-state index < -0.39 is 11.7 Å². The molecule has 0 radical (unpaired) electrons. The predicted octanol–water partition coefficient (Wildman–Crippen LogP) is 3.33. The first-order chi connectivity index (χ1) is 17.2. The van der Waals surface area contributed by atoms with Gasteiger partial charge in [-0.3, -0.25) is 4.99 Å². The monoisotopic (exact) mass is 516 g/mol. The number of hydrogen-bond donors (Lipinski definition) is 2. The van der Waals surface area contributed by atoms with Crippen molar-refractivity contribution in [3.8, 4) is 22.9 Å². The number of aromatic nitrogens is 2. The fraction of sp³-hybridized carbons (Fsp3) is 0.208. The van der Waals surface area contributed by atoms with Crippen LogP contribution in [0.3, 0.4) is 0 Å². The Hall–Kier alpha value is -3.99. The van der Waals surface area contributed by atoms with Gasteiger partial charge in [-0.2, -0.15) is 13.2 Å². The van der Waals surface area contributed by atoms with E-state index in [1.807, 2.05) is 17.0 Å². The first kappa shape index (κ1) is 23.7. The molecule has 0 amide bonds. The molecule has 12 heteroatoms. The highest BCUT2D eigenvalue weighted by Crippen LogP contribution is 2.41. The van der Waals surface area contributed by atoms with Crippen LogP contribution < -0.4 is 31.1 Å². The van der Waals surface area contributed by atoms with Gasteiger partial charge < -0.3 is 25.4 Å². The molecule has 0 unspecified atom stereocenters. The van der Waals surface area contributed by atoms with E-state index in [-0.39, 0.29) is 40.1 Å². The molecule has 1 aromatic carbocycles. The van der Waals surface area contributed by atoms with E-state index in [1.54, 1.807) is 12.3 Å². The highest BCUT2D eigenvalue weighted by atomic mass is 35.5. The molecular weight excluding hydrogens is 497 g/mol. The Bertz CT molecular complexity index is 1520. The van der Waals surface area contributed by atoms with Crippen LogP contribution >= 0.6 is 11.6 Å². The molecule has 0 spiro atoms. The minimum Gasteiger partial charge on any atom is -0.481 e. The van der Waals surface area contributed by atoms with Crippen LogP contribution in [0.1, 0.15) is 16.8 Å². The average molecular weight is 517 g/mol. The van der Waals surface area contributed by atoms with Crippen molar-refractivity contribution in [3.63, 3.8) is 0 Å². The highest BCUT2D eigenvalue weighted by Gasteiger charge is 2.38. The van der Waals surface area contributed by atoms with Gasteiger partial charge in [-0.05, 0) is 30.7 Å². The molecule has 2 aliphatic heterocycles. The molecule has 4 heterocycles. The van der Waals surface area contributed by atoms with Crippen molar-refractivity contribution in [2.75, 3.05) is 19.5 Å². The van der Waals surface area contributed by atoms with Crippen molar-refractivity contribution < 1.29 is 22.6 Å². The minimum absolute atomic E-state index is 0.0145. The van der Waals surface area contributed by atoms with E-state index in [0.717, 1.165) is 5.69 Å². The van der Waals surface area contributed by atoms with Crippen LogP contribution in [0.2, 0.25) is 5.02 Å². The zero-order valence-corrected chi connectivity index (χ0v) is 19.9. The number of nitrogens with zero attached hydrogens (tertiary/aromatic N) is 4. The Morgan fingerprint density at radius 1 is 1.25 bits per heavy atom. The fourth-order valence-electron chi connectivity index (χ4n) is 4.26. The summed E-state index contributed by atoms with van der Waals surface area (Å²) in [7, 11) is 1.54. The summed E-state index contributed by atoms with van der Waals surface area (Å²) in [6, 6.07) is 8.02. The number of aryl methyl sites for hydroxylation is 1. The number of nitrogens with one attached hydrogen (secondary N) is 1. The lowest BCUT2D eigenvalue weighted by molar-refractivity contribution is -0.137. The van der Waals surface area contributed by atoms with Gasteiger partial charge >= 0.3 is 6.18 Å². The standard InChI is InChI=1S/C24H20ClF3N6O2/c1-12-8-16(29)33-21(19(12)24(26,27)28)14-9-15-18-22(20(14)25)30-11-31-23(18)34(6-7-36-15)10-13-4-3-5-17(32-13)35-2/h3-9,31H,10-11H2,1-2H3,(H2,29,33). The molecule has 0 bridgehead atoms. The van der Waals surface area contributed by atoms with E-state index in [0.29, 0.717) is 28.8 Å². The van der Waals surface area contributed by atoms with E-state index in [4.69, 9.17) is 26.8 Å². The minimum atomic E-state index is -4.68. The molecule has 8 nitrogen and oxygen atoms in total. The summed E-state index contributed by atoms with van der Waals surface area (Å²) in [4.78, 5) is 14.8. The Labute approximate surface area is 208 Å². The van der Waals surface area contributed by atoms with Crippen LogP contribution in [0.4, 0.5) is 19.0 Å². The number of ether oxygens (including phenoxy) is 2. The fourth-order valence-corrected chi connectivity index (χ4v) is 4.56. The van der Waals surface area contributed by atoms with Crippen LogP contribution in [0.25, 0.3) is 17.1 Å². The number of nitrogens with two attached hydrogens (primary N) is 1. The lowest BCUT2D eigenvalue weighted by Gasteiger charge is -2.25. The van der Waals surface area contributed by atoms with Gasteiger partial charge in [0.25, 0.3) is 0 Å². The van der Waals surface area contributed by atoms with Crippen molar-refractivity contribution in [1.82, 2.24) is 20.2 Å². The second kappa shape index (κ2) is 8.90. The van der Waals surface area contributed by atoms with Crippen LogP contribution in [0.5, 0.6) is 11.6 Å². The molecule has 0 saturated carbocycles. The van der Waals surface area contributed by atoms with Crippen LogP contribution in [-0.2, 0) is 12.7 Å². The summed E-state index contributed by atoms with van der Waals surface area (Å²) in [6.07, 6.45) is -1.55. The smallest absolute Gasteiger partial charge is 0.418 e. The SMILES string of the molecule is COc1cccc(CN2C=COc3cc(-c4nc(N)cc(C)c4C(F)(F)F)c(Cl)c4c3=C2NCN=4)n1. The second-order valence-corrected chi connectivity index (χ2v) is 8.47. The van der Waals surface area contributed by atoms with Crippen molar-refractivity contribution in [2.24, 2.45) is 4.99 Å². The van der Waals surface area contributed by atoms with Gasteiger partial charge in [0.1, 0.15) is 30.3 Å². The Morgan fingerprint density at radius 2 is 2.06 bits per heavy atom. The summed E-state index contributed by atoms with van der Waals surface area (Å²) >= 11 is 6.70. The zero-order valence-electron chi connectivity index (χ0n) is 19.2. The highest BCUT2D eigenvalue weighted by molar-refractivity contribution is 6.33. The maximum atomic E-state index is 14.0. The summed E-state index contributed by atoms with van der Waals surface area (Å²) < 4.78 is 53.0. The number of halogens is 4. The van der Waals surface area contributed by atoms with Gasteiger partial charge in [0, 0.05) is 17.8 Å². The molecule has 3 aromatic rings. The number of pyridine rings is 2. The molecule has 2 aromatic heterocycles. The van der Waals surface area contributed by atoms with Gasteiger partial charge in [-0.25, -0.2) is 9.97 Å². The van der Waals surface area contributed by atoms with Gasteiger partial charge in [-0.15, -0.1) is 0 Å². The quantitative estimate of drug-likeness (QED) is 0.549. The number of alkyl halides is 3. The predicted molar refractivity (Wildman–Crippen MR) is 127 cm³/mol. The van der Waals surface area contributed by atoms with Crippen LogP contribution in [0, 0.1) is 6.92 Å². The average Bonchev–Trinajstić information content (AvgIpc) is 3.00. The Balaban J connectivity index is 1.72. The maximum absolute atomic E-state index is 14.0.